The molecule has 0 amide bonds. The van der Waals surface area contributed by atoms with Gasteiger partial charge in [0, 0.05) is 21.5 Å². The van der Waals surface area contributed by atoms with Gasteiger partial charge in [0.15, 0.2) is 0 Å². The zero-order valence-electron chi connectivity index (χ0n) is 20.6. The van der Waals surface area contributed by atoms with Gasteiger partial charge in [-0.1, -0.05) is 0 Å². The van der Waals surface area contributed by atoms with Crippen LogP contribution in [0, 0.1) is 11.3 Å². The molecule has 0 atom stereocenters. The van der Waals surface area contributed by atoms with Crippen LogP contribution < -0.4 is 11.1 Å². The highest BCUT2D eigenvalue weighted by atomic mass is 19.4. The van der Waals surface area contributed by atoms with Crippen molar-refractivity contribution in [3.05, 3.63) is 92.0 Å². The number of imidazole rings is 2. The number of nitrogens with zero attached hydrogens (tertiary/aromatic N) is 3. The summed E-state index contributed by atoms with van der Waals surface area (Å²) >= 11 is 0. The number of benzene rings is 4. The molecule has 7 nitrogen and oxygen atoms in total. The van der Waals surface area contributed by atoms with Gasteiger partial charge in [-0.15, -0.1) is 0 Å². The number of fused-ring (bicyclic) bond motifs is 8. The van der Waals surface area contributed by atoms with Crippen molar-refractivity contribution in [2.45, 2.75) is 12.4 Å². The number of nitriles is 1. The topological polar surface area (TPSA) is 98.3 Å². The monoisotopic (exact) mass is 575 g/mol. The van der Waals surface area contributed by atoms with E-state index in [1.807, 2.05) is 6.07 Å². The molecular weight excluding hydrogens is 564 g/mol. The second-order valence-electron chi connectivity index (χ2n) is 10.1. The summed E-state index contributed by atoms with van der Waals surface area (Å²) in [5.41, 5.74) is -2.64. The summed E-state index contributed by atoms with van der Waals surface area (Å²) in [6.07, 6.45) is -9.28. The van der Waals surface area contributed by atoms with Crippen molar-refractivity contribution in [1.82, 2.24) is 18.8 Å². The Hall–Kier alpha value is -5.51. The summed E-state index contributed by atoms with van der Waals surface area (Å²) in [5.74, 6) is 0. The van der Waals surface area contributed by atoms with Gasteiger partial charge in [0.1, 0.15) is 17.4 Å². The van der Waals surface area contributed by atoms with E-state index < -0.39 is 34.6 Å². The van der Waals surface area contributed by atoms with Gasteiger partial charge in [-0.05, 0) is 54.6 Å². The Kier molecular flexibility index (Phi) is 4.29. The van der Waals surface area contributed by atoms with Crippen LogP contribution in [0.4, 0.5) is 26.3 Å². The molecule has 0 spiro atoms. The van der Waals surface area contributed by atoms with Gasteiger partial charge < -0.3 is 9.97 Å². The molecule has 8 rings (SSSR count). The van der Waals surface area contributed by atoms with Gasteiger partial charge in [-0.2, -0.15) is 31.6 Å². The number of aromatic nitrogens is 4. The summed E-state index contributed by atoms with van der Waals surface area (Å²) in [6, 6.07) is 12.3. The molecule has 0 aliphatic heterocycles. The number of alkyl halides is 6. The van der Waals surface area contributed by atoms with Gasteiger partial charge >= 0.3 is 12.4 Å². The molecule has 206 valence electrons. The van der Waals surface area contributed by atoms with Crippen LogP contribution in [-0.2, 0) is 12.4 Å². The average Bonchev–Trinajstić information content (AvgIpc) is 3.52. The molecule has 0 radical (unpaired) electrons. The number of hydrogen-bond acceptors (Lipinski definition) is 3. The van der Waals surface area contributed by atoms with Gasteiger partial charge in [0.2, 0.25) is 0 Å². The van der Waals surface area contributed by atoms with Crippen LogP contribution in [0.5, 0.6) is 0 Å². The molecule has 0 saturated carbocycles. The van der Waals surface area contributed by atoms with Crippen LogP contribution in [-0.4, -0.2) is 18.8 Å². The minimum Gasteiger partial charge on any atom is -0.339 e. The Morgan fingerprint density at radius 2 is 1.21 bits per heavy atom. The zero-order chi connectivity index (χ0) is 29.5. The largest absolute Gasteiger partial charge is 0.416 e. The SMILES string of the molecule is N#Cc1cc2c(=O)n3c4cc(C(F)(F)F)ccc4[nH]c3c3ccc4c(c1c(=O)n1c5ccc(C(F)(F)F)cc5[nH]c41)c23. The predicted octanol–water partition coefficient (Wildman–Crippen LogP) is 6.68. The van der Waals surface area contributed by atoms with Crippen molar-refractivity contribution in [2.75, 3.05) is 0 Å². The van der Waals surface area contributed by atoms with Crippen molar-refractivity contribution in [1.29, 1.82) is 5.26 Å². The highest BCUT2D eigenvalue weighted by Gasteiger charge is 2.32. The van der Waals surface area contributed by atoms with Crippen molar-refractivity contribution >= 4 is 65.7 Å². The Morgan fingerprint density at radius 1 is 0.619 bits per heavy atom. The second kappa shape index (κ2) is 7.41. The quantitative estimate of drug-likeness (QED) is 0.156. The van der Waals surface area contributed by atoms with Gasteiger partial charge in [0.05, 0.1) is 49.5 Å². The van der Waals surface area contributed by atoms with E-state index in [1.54, 1.807) is 12.1 Å². The van der Waals surface area contributed by atoms with Crippen molar-refractivity contribution in [3.63, 3.8) is 0 Å². The van der Waals surface area contributed by atoms with Crippen LogP contribution in [0.15, 0.2) is 64.2 Å². The van der Waals surface area contributed by atoms with Crippen molar-refractivity contribution in [2.24, 2.45) is 0 Å². The predicted molar refractivity (Wildman–Crippen MR) is 143 cm³/mol. The first-order valence-corrected chi connectivity index (χ1v) is 12.3. The fraction of sp³-hybridized carbons (Fsp3) is 0.0690. The molecule has 4 aromatic carbocycles. The number of aromatic amines is 2. The minimum absolute atomic E-state index is 0.00493. The molecule has 0 fully saturated rings. The lowest BCUT2D eigenvalue weighted by atomic mass is 9.93. The Balaban J connectivity index is 1.60. The highest BCUT2D eigenvalue weighted by molar-refractivity contribution is 6.28. The third-order valence-corrected chi connectivity index (χ3v) is 7.85. The van der Waals surface area contributed by atoms with E-state index in [1.165, 1.54) is 22.6 Å². The summed E-state index contributed by atoms with van der Waals surface area (Å²) in [4.78, 5) is 33.7. The van der Waals surface area contributed by atoms with Crippen LogP contribution in [0.1, 0.15) is 16.7 Å². The van der Waals surface area contributed by atoms with Crippen LogP contribution in [0.2, 0.25) is 0 Å². The van der Waals surface area contributed by atoms with E-state index in [0.29, 0.717) is 16.2 Å². The summed E-state index contributed by atoms with van der Waals surface area (Å²) in [6.45, 7) is 0. The van der Waals surface area contributed by atoms with Crippen LogP contribution in [0.25, 0.3) is 65.7 Å². The molecule has 13 heteroatoms. The molecule has 8 aromatic rings. The fourth-order valence-electron chi connectivity index (χ4n) is 6.08. The third kappa shape index (κ3) is 2.90. The molecule has 4 aromatic heterocycles. The first-order chi connectivity index (χ1) is 19.9. The van der Waals surface area contributed by atoms with E-state index in [0.717, 1.165) is 28.7 Å². The highest BCUT2D eigenvalue weighted by Crippen LogP contribution is 2.39. The van der Waals surface area contributed by atoms with Crippen molar-refractivity contribution in [3.8, 4) is 6.07 Å². The number of rotatable bonds is 0. The third-order valence-electron chi connectivity index (χ3n) is 7.85. The smallest absolute Gasteiger partial charge is 0.339 e. The number of halogens is 6. The maximum Gasteiger partial charge on any atom is 0.416 e. The lowest BCUT2D eigenvalue weighted by molar-refractivity contribution is -0.138. The van der Waals surface area contributed by atoms with Crippen molar-refractivity contribution < 1.29 is 26.3 Å². The van der Waals surface area contributed by atoms with E-state index in [-0.39, 0.29) is 55.1 Å². The number of pyridine rings is 2. The molecule has 0 aliphatic rings. The van der Waals surface area contributed by atoms with Gasteiger partial charge in [-0.3, -0.25) is 18.4 Å². The Labute approximate surface area is 226 Å². The van der Waals surface area contributed by atoms with E-state index >= 15 is 0 Å². The van der Waals surface area contributed by atoms with Gasteiger partial charge in [0.25, 0.3) is 11.1 Å². The fourth-order valence-corrected chi connectivity index (χ4v) is 6.08. The molecule has 0 unspecified atom stereocenters. The molecule has 42 heavy (non-hydrogen) atoms. The van der Waals surface area contributed by atoms with E-state index in [4.69, 9.17) is 0 Å². The standard InChI is InChI=1S/C29H11F6N5O2/c30-28(31,32)12-2-6-19-18(8-12)38-25-15-4-3-14-22-16(7-11(10-36)21(23(15)22)27(42)39(19)25)26(41)40-20-9-13(29(33,34)35)1-5-17(20)37-24(14)40/h1-9,37-38H. The summed E-state index contributed by atoms with van der Waals surface area (Å²) in [7, 11) is 0. The van der Waals surface area contributed by atoms with E-state index in [2.05, 4.69) is 9.97 Å². The lowest BCUT2D eigenvalue weighted by Crippen LogP contribution is -2.18. The molecule has 2 N–H and O–H groups in total. The summed E-state index contributed by atoms with van der Waals surface area (Å²) < 4.78 is 83.0. The van der Waals surface area contributed by atoms with Crippen LogP contribution >= 0.6 is 0 Å². The molecular formula is C29H11F6N5O2. The molecule has 0 aliphatic carbocycles. The maximum absolute atomic E-state index is 13.9. The van der Waals surface area contributed by atoms with Gasteiger partial charge in [-0.25, -0.2) is 0 Å². The van der Waals surface area contributed by atoms with Crippen LogP contribution in [0.3, 0.4) is 0 Å². The average molecular weight is 575 g/mol. The zero-order valence-corrected chi connectivity index (χ0v) is 20.6. The molecule has 4 heterocycles. The first kappa shape index (κ1) is 24.3. The second-order valence-corrected chi connectivity index (χ2v) is 10.1. The Bertz CT molecular complexity index is 2660. The number of H-pyrrole nitrogens is 2. The lowest BCUT2D eigenvalue weighted by Gasteiger charge is -2.13. The normalized spacial score (nSPS) is 13.2. The Morgan fingerprint density at radius 3 is 1.88 bits per heavy atom. The molecule has 0 saturated heterocycles. The molecule has 0 bridgehead atoms. The summed E-state index contributed by atoms with van der Waals surface area (Å²) in [5, 5.41) is 11.3. The number of nitrogens with one attached hydrogen (secondary N) is 2. The number of hydrogen-bond donors (Lipinski definition) is 2. The first-order valence-electron chi connectivity index (χ1n) is 12.3. The maximum atomic E-state index is 13.9. The van der Waals surface area contributed by atoms with E-state index in [9.17, 15) is 41.2 Å². The minimum atomic E-state index is -4.65.